The van der Waals surface area contributed by atoms with Crippen molar-refractivity contribution in [3.63, 3.8) is 0 Å². The molecule has 15 heavy (non-hydrogen) atoms. The van der Waals surface area contributed by atoms with Crippen LogP contribution in [0, 0.1) is 11.3 Å². The summed E-state index contributed by atoms with van der Waals surface area (Å²) in [6, 6.07) is 0.0190. The van der Waals surface area contributed by atoms with Gasteiger partial charge in [-0.05, 0) is 31.1 Å². The van der Waals surface area contributed by atoms with Crippen molar-refractivity contribution in [1.29, 1.82) is 0 Å². The molecule has 0 aromatic heterocycles. The Morgan fingerprint density at radius 2 is 1.87 bits per heavy atom. The summed E-state index contributed by atoms with van der Waals surface area (Å²) in [6.07, 6.45) is 1.80. The lowest BCUT2D eigenvalue weighted by molar-refractivity contribution is 0.121. The van der Waals surface area contributed by atoms with Crippen LogP contribution in [0.1, 0.15) is 40.5 Å². The maximum absolute atomic E-state index is 11.2. The van der Waals surface area contributed by atoms with Crippen LogP contribution in [0.15, 0.2) is 0 Å². The van der Waals surface area contributed by atoms with Gasteiger partial charge in [0.1, 0.15) is 0 Å². The highest BCUT2D eigenvalue weighted by Gasteiger charge is 2.36. The molecule has 0 radical (unpaired) electrons. The molecular formula is C10H20ClNO2S. The number of halogens is 1. The lowest BCUT2D eigenvalue weighted by atomic mass is 9.74. The maximum Gasteiger partial charge on any atom is 0.300 e. The van der Waals surface area contributed by atoms with Crippen molar-refractivity contribution < 1.29 is 8.42 Å². The molecule has 90 valence electrons. The van der Waals surface area contributed by atoms with Crippen molar-refractivity contribution in [2.45, 2.75) is 46.6 Å². The summed E-state index contributed by atoms with van der Waals surface area (Å²) in [5.74, 6) is 0.571. The SMILES string of the molecule is CC1CC(C(C)(C)C)CCN1S(=O)(=O)Cl. The van der Waals surface area contributed by atoms with E-state index in [9.17, 15) is 8.42 Å². The second-order valence-electron chi connectivity index (χ2n) is 5.49. The van der Waals surface area contributed by atoms with E-state index in [2.05, 4.69) is 20.8 Å². The van der Waals surface area contributed by atoms with E-state index in [-0.39, 0.29) is 11.5 Å². The Morgan fingerprint density at radius 3 is 2.20 bits per heavy atom. The van der Waals surface area contributed by atoms with Crippen LogP contribution < -0.4 is 0 Å². The first-order chi connectivity index (χ1) is 6.62. The van der Waals surface area contributed by atoms with Crippen LogP contribution in [0.4, 0.5) is 0 Å². The van der Waals surface area contributed by atoms with Crippen molar-refractivity contribution in [2.75, 3.05) is 6.54 Å². The molecule has 0 aliphatic carbocycles. The molecule has 0 bridgehead atoms. The first-order valence-corrected chi connectivity index (χ1v) is 7.60. The largest absolute Gasteiger partial charge is 0.300 e. The molecule has 0 spiro atoms. The van der Waals surface area contributed by atoms with Gasteiger partial charge in [0, 0.05) is 23.3 Å². The van der Waals surface area contributed by atoms with Gasteiger partial charge in [-0.1, -0.05) is 20.8 Å². The molecule has 0 saturated carbocycles. The van der Waals surface area contributed by atoms with E-state index in [0.29, 0.717) is 12.5 Å². The van der Waals surface area contributed by atoms with Crippen molar-refractivity contribution in [3.05, 3.63) is 0 Å². The minimum Gasteiger partial charge on any atom is -0.195 e. The molecule has 1 aliphatic heterocycles. The molecule has 3 nitrogen and oxygen atoms in total. The highest BCUT2D eigenvalue weighted by Crippen LogP contribution is 2.37. The first kappa shape index (κ1) is 13.3. The van der Waals surface area contributed by atoms with Gasteiger partial charge >= 0.3 is 0 Å². The van der Waals surface area contributed by atoms with Gasteiger partial charge in [0.05, 0.1) is 0 Å². The van der Waals surface area contributed by atoms with Gasteiger partial charge in [0.15, 0.2) is 0 Å². The minimum absolute atomic E-state index is 0.0190. The molecule has 1 rings (SSSR count). The smallest absolute Gasteiger partial charge is 0.195 e. The molecule has 0 N–H and O–H groups in total. The summed E-state index contributed by atoms with van der Waals surface area (Å²) in [6.45, 7) is 9.09. The van der Waals surface area contributed by atoms with Gasteiger partial charge in [-0.25, -0.2) is 0 Å². The first-order valence-electron chi connectivity index (χ1n) is 5.34. The van der Waals surface area contributed by atoms with Crippen LogP contribution in [0.5, 0.6) is 0 Å². The van der Waals surface area contributed by atoms with E-state index in [4.69, 9.17) is 10.7 Å². The molecular weight excluding hydrogens is 234 g/mol. The molecule has 1 fully saturated rings. The van der Waals surface area contributed by atoms with Crippen LogP contribution in [0.25, 0.3) is 0 Å². The molecule has 0 aromatic carbocycles. The Labute approximate surface area is 97.3 Å². The van der Waals surface area contributed by atoms with Crippen molar-refractivity contribution >= 4 is 19.9 Å². The summed E-state index contributed by atoms with van der Waals surface area (Å²) in [5.41, 5.74) is 0.246. The molecule has 2 unspecified atom stereocenters. The standard InChI is InChI=1S/C10H20ClNO2S/c1-8-7-9(10(2,3)4)5-6-12(8)15(11,13)14/h8-9H,5-7H2,1-4H3. The highest BCUT2D eigenvalue weighted by atomic mass is 35.7. The zero-order valence-electron chi connectivity index (χ0n) is 9.83. The maximum atomic E-state index is 11.2. The third-order valence-corrected chi connectivity index (χ3v) is 4.95. The molecule has 1 saturated heterocycles. The van der Waals surface area contributed by atoms with Crippen molar-refractivity contribution in [1.82, 2.24) is 4.31 Å². The topological polar surface area (TPSA) is 37.4 Å². The quantitative estimate of drug-likeness (QED) is 0.674. The Kier molecular flexibility index (Phi) is 3.74. The average molecular weight is 254 g/mol. The van der Waals surface area contributed by atoms with Gasteiger partial charge in [0.25, 0.3) is 9.24 Å². The number of piperidine rings is 1. The third-order valence-electron chi connectivity index (χ3n) is 3.32. The van der Waals surface area contributed by atoms with E-state index in [1.807, 2.05) is 6.92 Å². The Bertz CT molecular complexity index is 321. The summed E-state index contributed by atoms with van der Waals surface area (Å²) in [4.78, 5) is 0. The third kappa shape index (κ3) is 3.33. The lowest BCUT2D eigenvalue weighted by Gasteiger charge is -2.41. The predicted octanol–water partition coefficient (Wildman–Crippen LogP) is 2.62. The minimum atomic E-state index is -3.54. The molecule has 1 aliphatic rings. The average Bonchev–Trinajstić information content (AvgIpc) is 1.99. The molecule has 1 heterocycles. The fourth-order valence-corrected chi connectivity index (χ4v) is 3.72. The van der Waals surface area contributed by atoms with Gasteiger partial charge in [-0.3, -0.25) is 0 Å². The second kappa shape index (κ2) is 4.22. The van der Waals surface area contributed by atoms with Gasteiger partial charge in [0.2, 0.25) is 0 Å². The van der Waals surface area contributed by atoms with Crippen LogP contribution in [0.2, 0.25) is 0 Å². The zero-order valence-corrected chi connectivity index (χ0v) is 11.4. The van der Waals surface area contributed by atoms with Crippen LogP contribution >= 0.6 is 10.7 Å². The van der Waals surface area contributed by atoms with E-state index in [1.165, 1.54) is 4.31 Å². The lowest BCUT2D eigenvalue weighted by Crippen LogP contribution is -2.45. The summed E-state index contributed by atoms with van der Waals surface area (Å²) in [5, 5.41) is 0. The van der Waals surface area contributed by atoms with E-state index < -0.39 is 9.24 Å². The van der Waals surface area contributed by atoms with Gasteiger partial charge in [-0.2, -0.15) is 12.7 Å². The summed E-state index contributed by atoms with van der Waals surface area (Å²) in [7, 11) is 1.83. The predicted molar refractivity (Wildman–Crippen MR) is 63.1 cm³/mol. The fraction of sp³-hybridized carbons (Fsp3) is 1.00. The monoisotopic (exact) mass is 253 g/mol. The van der Waals surface area contributed by atoms with Crippen LogP contribution in [0.3, 0.4) is 0 Å². The summed E-state index contributed by atoms with van der Waals surface area (Å²) < 4.78 is 23.9. The second-order valence-corrected chi connectivity index (χ2v) is 7.95. The molecule has 2 atom stereocenters. The van der Waals surface area contributed by atoms with E-state index >= 15 is 0 Å². The highest BCUT2D eigenvalue weighted by molar-refractivity contribution is 8.11. The normalized spacial score (nSPS) is 30.5. The Balaban J connectivity index is 2.72. The summed E-state index contributed by atoms with van der Waals surface area (Å²) >= 11 is 0. The number of rotatable bonds is 1. The van der Waals surface area contributed by atoms with Crippen LogP contribution in [-0.2, 0) is 9.24 Å². The van der Waals surface area contributed by atoms with Gasteiger partial charge in [-0.15, -0.1) is 0 Å². The Hall–Kier alpha value is 0.200. The molecule has 0 amide bonds. The van der Waals surface area contributed by atoms with Crippen molar-refractivity contribution in [2.24, 2.45) is 11.3 Å². The Morgan fingerprint density at radius 1 is 1.33 bits per heavy atom. The molecule has 5 heteroatoms. The van der Waals surface area contributed by atoms with Crippen molar-refractivity contribution in [3.8, 4) is 0 Å². The zero-order chi connectivity index (χ0) is 11.9. The molecule has 0 aromatic rings. The van der Waals surface area contributed by atoms with Crippen LogP contribution in [-0.4, -0.2) is 25.3 Å². The number of nitrogens with zero attached hydrogens (tertiary/aromatic N) is 1. The number of hydrogen-bond donors (Lipinski definition) is 0. The van der Waals surface area contributed by atoms with E-state index in [1.54, 1.807) is 0 Å². The van der Waals surface area contributed by atoms with Gasteiger partial charge < -0.3 is 0 Å². The number of hydrogen-bond acceptors (Lipinski definition) is 2. The van der Waals surface area contributed by atoms with E-state index in [0.717, 1.165) is 12.8 Å². The fourth-order valence-electron chi connectivity index (χ4n) is 2.26.